The van der Waals surface area contributed by atoms with E-state index in [1.807, 2.05) is 0 Å². The van der Waals surface area contributed by atoms with Crippen molar-refractivity contribution in [2.45, 2.75) is 290 Å². The summed E-state index contributed by atoms with van der Waals surface area (Å²) in [4.78, 5) is 0. The number of hydrogen-bond donors (Lipinski definition) is 0. The van der Waals surface area contributed by atoms with Crippen molar-refractivity contribution in [3.63, 3.8) is 0 Å². The van der Waals surface area contributed by atoms with Gasteiger partial charge in [0.1, 0.15) is 0 Å². The van der Waals surface area contributed by atoms with Gasteiger partial charge in [0.05, 0.1) is 83.1 Å². The van der Waals surface area contributed by atoms with Crippen LogP contribution < -0.4 is 0 Å². The van der Waals surface area contributed by atoms with Gasteiger partial charge in [-0.25, -0.2) is 0 Å². The molecule has 0 aliphatic rings. The standard InChI is InChI=1S/3C19H42N/c3*1-5-6-7-8-9-10-11-12-13-14-15-16-17-18-19-20(2,3)4/h3*5-19H2,1-4H3/q3*+1. The first kappa shape index (κ1) is 64.2. The Bertz CT molecular complexity index is 642. The highest BCUT2D eigenvalue weighted by Gasteiger charge is 2.07. The van der Waals surface area contributed by atoms with Crippen LogP contribution in [0.5, 0.6) is 0 Å². The molecule has 0 spiro atoms. The molecule has 0 saturated heterocycles. The molecule has 0 rings (SSSR count). The SMILES string of the molecule is CCCCCCCCCCCCCCCC[N+](C)(C)C.CCCCCCCCCCCCCCCC[N+](C)(C)C.CCCCCCCCCCCCCCCC[N+](C)(C)C. The summed E-state index contributed by atoms with van der Waals surface area (Å²) in [7, 11) is 20.6. The van der Waals surface area contributed by atoms with Crippen LogP contribution in [0.15, 0.2) is 0 Å². The second kappa shape index (κ2) is 49.9. The van der Waals surface area contributed by atoms with Crippen molar-refractivity contribution in [1.82, 2.24) is 0 Å². The minimum atomic E-state index is 1.12. The van der Waals surface area contributed by atoms with Crippen molar-refractivity contribution < 1.29 is 13.4 Å². The summed E-state index contributed by atoms with van der Waals surface area (Å²) in [6.07, 6.45) is 61.1. The Morgan fingerprint density at radius 1 is 0.150 bits per heavy atom. The molecule has 366 valence electrons. The van der Waals surface area contributed by atoms with Crippen molar-refractivity contribution in [3.05, 3.63) is 0 Å². The molecule has 0 aromatic rings. The van der Waals surface area contributed by atoms with E-state index >= 15 is 0 Å². The Kier molecular flexibility index (Phi) is 53.4. The second-order valence-corrected chi connectivity index (χ2v) is 22.8. The monoisotopic (exact) mass is 853 g/mol. The van der Waals surface area contributed by atoms with Crippen LogP contribution in [0, 0.1) is 0 Å². The molecule has 0 bridgehead atoms. The molecule has 0 aromatic heterocycles. The van der Waals surface area contributed by atoms with Crippen LogP contribution in [0.4, 0.5) is 0 Å². The van der Waals surface area contributed by atoms with Crippen molar-refractivity contribution in [1.29, 1.82) is 0 Å². The third-order valence-electron chi connectivity index (χ3n) is 12.5. The first-order chi connectivity index (χ1) is 28.7. The Hall–Kier alpha value is -0.120. The van der Waals surface area contributed by atoms with Crippen LogP contribution in [0.2, 0.25) is 0 Å². The molecule has 0 saturated carbocycles. The Labute approximate surface area is 385 Å². The smallest absolute Gasteiger partial charge is 0.0780 e. The van der Waals surface area contributed by atoms with Gasteiger partial charge in [-0.15, -0.1) is 0 Å². The van der Waals surface area contributed by atoms with Crippen LogP contribution in [-0.2, 0) is 0 Å². The predicted molar refractivity (Wildman–Crippen MR) is 280 cm³/mol. The fourth-order valence-corrected chi connectivity index (χ4v) is 8.34. The van der Waals surface area contributed by atoms with Crippen LogP contribution in [0.25, 0.3) is 0 Å². The van der Waals surface area contributed by atoms with E-state index < -0.39 is 0 Å². The normalized spacial score (nSPS) is 12.0. The zero-order valence-electron chi connectivity index (χ0n) is 45.2. The van der Waals surface area contributed by atoms with Crippen molar-refractivity contribution in [2.24, 2.45) is 0 Å². The number of quaternary nitrogens is 3. The summed E-state index contributed by atoms with van der Waals surface area (Å²) in [5, 5.41) is 0. The van der Waals surface area contributed by atoms with Gasteiger partial charge in [0.15, 0.2) is 0 Å². The van der Waals surface area contributed by atoms with Crippen LogP contribution >= 0.6 is 0 Å². The summed E-state index contributed by atoms with van der Waals surface area (Å²) >= 11 is 0. The highest BCUT2D eigenvalue weighted by Crippen LogP contribution is 2.16. The number of hydrogen-bond acceptors (Lipinski definition) is 0. The highest BCUT2D eigenvalue weighted by molar-refractivity contribution is 4.52. The Morgan fingerprint density at radius 3 is 0.350 bits per heavy atom. The van der Waals surface area contributed by atoms with Gasteiger partial charge in [0, 0.05) is 0 Å². The molecule has 0 unspecified atom stereocenters. The molecule has 0 radical (unpaired) electrons. The molecule has 0 N–H and O–H groups in total. The lowest BCUT2D eigenvalue weighted by Crippen LogP contribution is -2.35. The average molecular weight is 854 g/mol. The number of unbranched alkanes of at least 4 members (excludes halogenated alkanes) is 39. The second-order valence-electron chi connectivity index (χ2n) is 22.8. The molecule has 3 nitrogen and oxygen atoms in total. The van der Waals surface area contributed by atoms with Crippen LogP contribution in [0.1, 0.15) is 290 Å². The van der Waals surface area contributed by atoms with E-state index in [0.717, 1.165) is 13.4 Å². The first-order valence-corrected chi connectivity index (χ1v) is 28.1. The largest absolute Gasteiger partial charge is 0.331 e. The van der Waals surface area contributed by atoms with E-state index in [9.17, 15) is 0 Å². The Morgan fingerprint density at radius 2 is 0.250 bits per heavy atom. The van der Waals surface area contributed by atoms with E-state index in [2.05, 4.69) is 84.2 Å². The number of nitrogens with zero attached hydrogens (tertiary/aromatic N) is 3. The van der Waals surface area contributed by atoms with E-state index in [1.165, 1.54) is 289 Å². The fourth-order valence-electron chi connectivity index (χ4n) is 8.34. The van der Waals surface area contributed by atoms with Crippen LogP contribution in [-0.4, -0.2) is 96.5 Å². The summed E-state index contributed by atoms with van der Waals surface area (Å²) < 4.78 is 3.37. The first-order valence-electron chi connectivity index (χ1n) is 28.1. The molecule has 0 heterocycles. The Balaban J connectivity index is -0.000000812. The summed E-state index contributed by atoms with van der Waals surface area (Å²) in [5.74, 6) is 0. The maximum Gasteiger partial charge on any atom is 0.0780 e. The van der Waals surface area contributed by atoms with Gasteiger partial charge in [-0.1, -0.05) is 252 Å². The fraction of sp³-hybridized carbons (Fsp3) is 1.00. The van der Waals surface area contributed by atoms with Gasteiger partial charge in [-0.2, -0.15) is 0 Å². The lowest BCUT2D eigenvalue weighted by atomic mass is 10.0. The van der Waals surface area contributed by atoms with E-state index in [4.69, 9.17) is 0 Å². The summed E-state index contributed by atoms with van der Waals surface area (Å²) in [6, 6.07) is 0. The molecule has 60 heavy (non-hydrogen) atoms. The molecule has 0 atom stereocenters. The lowest BCUT2D eigenvalue weighted by molar-refractivity contribution is -0.870. The van der Waals surface area contributed by atoms with Gasteiger partial charge >= 0.3 is 0 Å². The molecule has 0 aromatic carbocycles. The molecule has 0 fully saturated rings. The maximum absolute atomic E-state index is 2.29. The minimum Gasteiger partial charge on any atom is -0.331 e. The van der Waals surface area contributed by atoms with Gasteiger partial charge in [0.2, 0.25) is 0 Å². The van der Waals surface area contributed by atoms with Crippen molar-refractivity contribution >= 4 is 0 Å². The van der Waals surface area contributed by atoms with E-state index in [0.29, 0.717) is 0 Å². The summed E-state index contributed by atoms with van der Waals surface area (Å²) in [5.41, 5.74) is 0. The molecular formula is C57H126N3+3. The maximum atomic E-state index is 2.29. The van der Waals surface area contributed by atoms with E-state index in [1.54, 1.807) is 0 Å². The molecular weight excluding hydrogens is 727 g/mol. The lowest BCUT2D eigenvalue weighted by Gasteiger charge is -2.23. The third kappa shape index (κ3) is 72.3. The summed E-state index contributed by atoms with van der Waals surface area (Å²) in [6.45, 7) is 10.9. The van der Waals surface area contributed by atoms with E-state index in [-0.39, 0.29) is 0 Å². The highest BCUT2D eigenvalue weighted by atomic mass is 15.3. The van der Waals surface area contributed by atoms with Crippen molar-refractivity contribution in [3.8, 4) is 0 Å². The van der Waals surface area contributed by atoms with Gasteiger partial charge < -0.3 is 13.4 Å². The zero-order chi connectivity index (χ0) is 45.3. The van der Waals surface area contributed by atoms with Crippen molar-refractivity contribution in [2.75, 3.05) is 83.1 Å². The van der Waals surface area contributed by atoms with Crippen LogP contribution in [0.3, 0.4) is 0 Å². The topological polar surface area (TPSA) is 0 Å². The quantitative estimate of drug-likeness (QED) is 0.0423. The van der Waals surface area contributed by atoms with Gasteiger partial charge in [0.25, 0.3) is 0 Å². The molecule has 0 amide bonds. The molecule has 3 heteroatoms. The van der Waals surface area contributed by atoms with Gasteiger partial charge in [-0.05, 0) is 38.5 Å². The number of rotatable bonds is 45. The predicted octanol–water partition coefficient (Wildman–Crippen LogP) is 18.5. The third-order valence-corrected chi connectivity index (χ3v) is 12.5. The average Bonchev–Trinajstić information content (AvgIpc) is 3.17. The molecule has 0 aliphatic heterocycles. The molecule has 0 aliphatic carbocycles. The van der Waals surface area contributed by atoms with Gasteiger partial charge in [-0.3, -0.25) is 0 Å². The minimum absolute atomic E-state index is 1.12. The zero-order valence-corrected chi connectivity index (χ0v) is 45.2.